The molecule has 7 heterocycles. The van der Waals surface area contributed by atoms with Gasteiger partial charge in [0.15, 0.2) is 41.6 Å². The molecule has 4 aromatic rings. The van der Waals surface area contributed by atoms with Crippen molar-refractivity contribution in [3.63, 3.8) is 0 Å². The third kappa shape index (κ3) is 5.14. The number of nitrogens with zero attached hydrogens (tertiary/aromatic N) is 8. The van der Waals surface area contributed by atoms with Gasteiger partial charge in [0.25, 0.3) is 0 Å². The number of rotatable bonds is 2. The highest BCUT2D eigenvalue weighted by molar-refractivity contribution is 8.44. The SMILES string of the molecule is Nc1ncnc2c1ncn2C1OC2COP(=O)(S)OC3C(O)C(COP(=O)(O)OC2C1F)OC3n1cnc2c(N)ncnc21. The number of hydrogen-bond acceptors (Lipinski definition) is 17. The smallest absolute Gasteiger partial charge is 0.387 e. The number of aliphatic hydroxyl groups excluding tert-OH is 1. The van der Waals surface area contributed by atoms with Crippen LogP contribution in [0.15, 0.2) is 25.3 Å². The Morgan fingerprint density at radius 2 is 1.41 bits per heavy atom. The average Bonchev–Trinajstić information content (AvgIpc) is 3.73. The molecule has 20 nitrogen and oxygen atoms in total. The molecule has 4 aromatic heterocycles. The van der Waals surface area contributed by atoms with Crippen molar-refractivity contribution in [1.29, 1.82) is 0 Å². The van der Waals surface area contributed by atoms with Crippen molar-refractivity contribution in [2.45, 2.75) is 49.1 Å². The van der Waals surface area contributed by atoms with Gasteiger partial charge in [0.2, 0.25) is 0 Å². The van der Waals surface area contributed by atoms with Crippen molar-refractivity contribution in [2.24, 2.45) is 0 Å². The summed E-state index contributed by atoms with van der Waals surface area (Å²) in [6.07, 6.45) is -7.80. The summed E-state index contributed by atoms with van der Waals surface area (Å²) in [6.45, 7) is -5.84. The predicted octanol–water partition coefficient (Wildman–Crippen LogP) is 0.280. The number of phosphoric ester groups is 1. The van der Waals surface area contributed by atoms with E-state index in [1.54, 1.807) is 0 Å². The minimum Gasteiger partial charge on any atom is -0.387 e. The van der Waals surface area contributed by atoms with Crippen LogP contribution in [0, 0.1) is 0 Å². The molecule has 3 saturated heterocycles. The summed E-state index contributed by atoms with van der Waals surface area (Å²) in [5.41, 5.74) is 12.4. The highest BCUT2D eigenvalue weighted by Crippen LogP contribution is 2.58. The Morgan fingerprint density at radius 1 is 0.841 bits per heavy atom. The van der Waals surface area contributed by atoms with Crippen molar-refractivity contribution >= 4 is 60.8 Å². The number of halogens is 1. The molecule has 7 rings (SSSR count). The molecule has 6 N–H and O–H groups in total. The highest BCUT2D eigenvalue weighted by atomic mass is 32.7. The molecule has 0 saturated carbocycles. The predicted molar refractivity (Wildman–Crippen MR) is 146 cm³/mol. The van der Waals surface area contributed by atoms with Gasteiger partial charge in [-0.1, -0.05) is 12.2 Å². The second-order valence-corrected chi connectivity index (χ2v) is 14.2. The number of ether oxygens (including phenoxy) is 2. The van der Waals surface area contributed by atoms with Crippen LogP contribution in [-0.4, -0.2) is 98.9 Å². The maximum atomic E-state index is 15.9. The van der Waals surface area contributed by atoms with Gasteiger partial charge in [-0.25, -0.2) is 43.4 Å². The van der Waals surface area contributed by atoms with E-state index < -0.39 is 77.0 Å². The van der Waals surface area contributed by atoms with Crippen molar-refractivity contribution in [2.75, 3.05) is 24.7 Å². The summed E-state index contributed by atoms with van der Waals surface area (Å²) < 4.78 is 78.0. The van der Waals surface area contributed by atoms with E-state index in [0.717, 1.165) is 6.33 Å². The minimum absolute atomic E-state index is 0.0302. The third-order valence-electron chi connectivity index (χ3n) is 7.22. The normalized spacial score (nSPS) is 38.3. The average molecular weight is 676 g/mol. The molecule has 0 radical (unpaired) electrons. The fourth-order valence-corrected chi connectivity index (χ4v) is 7.60. The number of fused-ring (bicyclic) bond motifs is 5. The van der Waals surface area contributed by atoms with E-state index in [-0.39, 0.29) is 34.0 Å². The van der Waals surface area contributed by atoms with Crippen LogP contribution in [0.4, 0.5) is 16.0 Å². The third-order valence-corrected chi connectivity index (χ3v) is 9.82. The van der Waals surface area contributed by atoms with Crippen molar-refractivity contribution in [1.82, 2.24) is 39.0 Å². The summed E-state index contributed by atoms with van der Waals surface area (Å²) in [5.74, 6) is 0.0891. The summed E-state index contributed by atoms with van der Waals surface area (Å²) in [4.78, 5) is 34.7. The van der Waals surface area contributed by atoms with E-state index in [9.17, 15) is 19.1 Å². The van der Waals surface area contributed by atoms with Crippen LogP contribution in [0.1, 0.15) is 12.5 Å². The molecule has 3 aliphatic rings. The number of aromatic nitrogens is 8. The van der Waals surface area contributed by atoms with E-state index in [4.69, 9.17) is 39.0 Å². The number of imidazole rings is 2. The zero-order valence-electron chi connectivity index (χ0n) is 22.0. The molecule has 44 heavy (non-hydrogen) atoms. The zero-order valence-corrected chi connectivity index (χ0v) is 24.6. The molecule has 24 heteroatoms. The minimum atomic E-state index is -5.06. The second kappa shape index (κ2) is 10.9. The number of phosphoric acid groups is 1. The first-order valence-electron chi connectivity index (χ1n) is 12.7. The molecule has 0 aromatic carbocycles. The first-order valence-corrected chi connectivity index (χ1v) is 16.9. The van der Waals surface area contributed by atoms with E-state index in [0.29, 0.717) is 0 Å². The van der Waals surface area contributed by atoms with Gasteiger partial charge in [0.05, 0.1) is 25.9 Å². The Labute approximate surface area is 250 Å². The Bertz CT molecular complexity index is 1830. The zero-order chi connectivity index (χ0) is 31.0. The quantitative estimate of drug-likeness (QED) is 0.141. The Kier molecular flexibility index (Phi) is 7.37. The van der Waals surface area contributed by atoms with Gasteiger partial charge in [0.1, 0.15) is 54.2 Å². The van der Waals surface area contributed by atoms with Gasteiger partial charge < -0.3 is 30.9 Å². The Hall–Kier alpha value is -2.88. The number of nitrogen functional groups attached to an aromatic ring is 2. The van der Waals surface area contributed by atoms with Crippen LogP contribution < -0.4 is 11.5 Å². The summed E-state index contributed by atoms with van der Waals surface area (Å²) in [7, 11) is -5.06. The number of nitrogens with two attached hydrogens (primary N) is 2. The number of thiol groups is 1. The maximum Gasteiger partial charge on any atom is 0.472 e. The van der Waals surface area contributed by atoms with Crippen LogP contribution in [0.3, 0.4) is 0 Å². The molecule has 10 unspecified atom stereocenters. The molecular weight excluding hydrogens is 653 g/mol. The monoisotopic (exact) mass is 676 g/mol. The molecule has 236 valence electrons. The topological polar surface area (TPSA) is 269 Å². The van der Waals surface area contributed by atoms with Gasteiger partial charge in [-0.15, -0.1) is 0 Å². The lowest BCUT2D eigenvalue weighted by Gasteiger charge is -2.26. The molecular formula is C20H23FN10O10P2S. The standard InChI is InChI=1S/C20H23FN10O10P2S/c21-9-13-8(39-19(9)30-5-28-10-15(22)24-3-26-17(10)30)2-37-43(35,44)41-14-12(32)7(1-36-42(33,34)40-13)38-20(14)31-6-29-11-16(23)25-4-27-18(11)31/h3-9,12-14,19-20,32H,1-2H2,(H,33,34)(H,35,44)(H2,22,24,26)(H2,23,25,27). The van der Waals surface area contributed by atoms with Crippen molar-refractivity contribution < 1.29 is 51.1 Å². The summed E-state index contributed by atoms with van der Waals surface area (Å²) in [6, 6.07) is 0. The van der Waals surface area contributed by atoms with Crippen LogP contribution in [0.5, 0.6) is 0 Å². The summed E-state index contributed by atoms with van der Waals surface area (Å²) in [5, 5.41) is 11.1. The Balaban J connectivity index is 1.20. The van der Waals surface area contributed by atoms with Gasteiger partial charge in [-0.05, 0) is 0 Å². The molecule has 2 bridgehead atoms. The second-order valence-electron chi connectivity index (χ2n) is 9.90. The molecule has 3 aliphatic heterocycles. The van der Waals surface area contributed by atoms with E-state index in [1.165, 1.54) is 28.1 Å². The first kappa shape index (κ1) is 29.8. The van der Waals surface area contributed by atoms with Gasteiger partial charge in [-0.2, -0.15) is 0 Å². The van der Waals surface area contributed by atoms with Crippen molar-refractivity contribution in [3.8, 4) is 0 Å². The number of aliphatic hydroxyl groups is 1. The molecule has 3 fully saturated rings. The van der Waals surface area contributed by atoms with Crippen LogP contribution in [0.25, 0.3) is 22.3 Å². The van der Waals surface area contributed by atoms with Gasteiger partial charge in [-0.3, -0.25) is 27.2 Å². The van der Waals surface area contributed by atoms with E-state index in [1.807, 2.05) is 0 Å². The van der Waals surface area contributed by atoms with E-state index in [2.05, 4.69) is 42.2 Å². The highest BCUT2D eigenvalue weighted by Gasteiger charge is 2.54. The number of anilines is 2. The molecule has 0 spiro atoms. The van der Waals surface area contributed by atoms with Crippen LogP contribution in [-0.2, 0) is 36.7 Å². The summed E-state index contributed by atoms with van der Waals surface area (Å²) >= 11 is 4.04. The van der Waals surface area contributed by atoms with E-state index >= 15 is 4.39 Å². The van der Waals surface area contributed by atoms with Gasteiger partial charge >= 0.3 is 14.6 Å². The fraction of sp³-hybridized carbons (Fsp3) is 0.500. The van der Waals surface area contributed by atoms with Crippen LogP contribution >= 0.6 is 26.9 Å². The lowest BCUT2D eigenvalue weighted by atomic mass is 10.1. The first-order chi connectivity index (χ1) is 20.9. The van der Waals surface area contributed by atoms with Gasteiger partial charge in [0, 0.05) is 0 Å². The maximum absolute atomic E-state index is 15.9. The van der Waals surface area contributed by atoms with Crippen LogP contribution in [0.2, 0.25) is 0 Å². The molecule has 10 atom stereocenters. The number of hydrogen-bond donors (Lipinski definition) is 5. The lowest BCUT2D eigenvalue weighted by molar-refractivity contribution is -0.0619. The number of alkyl halides is 1. The fourth-order valence-electron chi connectivity index (χ4n) is 5.19. The molecule has 0 aliphatic carbocycles. The largest absolute Gasteiger partial charge is 0.472 e. The molecule has 0 amide bonds. The van der Waals surface area contributed by atoms with Crippen molar-refractivity contribution in [3.05, 3.63) is 25.3 Å². The Morgan fingerprint density at radius 3 is 2.05 bits per heavy atom. The lowest BCUT2D eigenvalue weighted by Crippen LogP contribution is -2.35.